The van der Waals surface area contributed by atoms with E-state index in [4.69, 9.17) is 5.73 Å². The molecule has 198 valence electrons. The largest absolute Gasteiger partial charge is 0.480 e. The Bertz CT molecular complexity index is 1060. The molecule has 0 saturated heterocycles. The van der Waals surface area contributed by atoms with Crippen LogP contribution in [0.4, 0.5) is 0 Å². The van der Waals surface area contributed by atoms with Gasteiger partial charge >= 0.3 is 5.97 Å². The molecule has 0 radical (unpaired) electrons. The van der Waals surface area contributed by atoms with E-state index in [1.165, 1.54) is 18.7 Å². The second kappa shape index (κ2) is 14.1. The highest BCUT2D eigenvalue weighted by molar-refractivity contribution is 7.98. The molecule has 0 fully saturated rings. The number of amides is 3. The minimum Gasteiger partial charge on any atom is -0.480 e. The highest BCUT2D eigenvalue weighted by Gasteiger charge is 2.32. The van der Waals surface area contributed by atoms with Crippen LogP contribution in [0, 0.1) is 0 Å². The van der Waals surface area contributed by atoms with E-state index < -0.39 is 54.0 Å². The fourth-order valence-corrected chi connectivity index (χ4v) is 4.24. The van der Waals surface area contributed by atoms with Crippen molar-refractivity contribution < 1.29 is 29.4 Å². The van der Waals surface area contributed by atoms with Gasteiger partial charge in [0.1, 0.15) is 12.1 Å². The summed E-state index contributed by atoms with van der Waals surface area (Å²) in [4.78, 5) is 53.1. The molecular formula is C23H33N5O6S2. The third-order valence-corrected chi connectivity index (χ3v) is 6.57. The van der Waals surface area contributed by atoms with Gasteiger partial charge < -0.3 is 36.9 Å². The zero-order valence-electron chi connectivity index (χ0n) is 20.1. The zero-order valence-corrected chi connectivity index (χ0v) is 21.8. The highest BCUT2D eigenvalue weighted by Crippen LogP contribution is 2.19. The van der Waals surface area contributed by atoms with E-state index in [0.29, 0.717) is 17.7 Å². The van der Waals surface area contributed by atoms with Crippen molar-refractivity contribution in [1.29, 1.82) is 0 Å². The van der Waals surface area contributed by atoms with Crippen LogP contribution in [-0.4, -0.2) is 86.9 Å². The van der Waals surface area contributed by atoms with E-state index in [1.807, 2.05) is 30.5 Å². The lowest BCUT2D eigenvalue weighted by Crippen LogP contribution is -2.59. The molecule has 3 amide bonds. The van der Waals surface area contributed by atoms with Crippen LogP contribution in [0.1, 0.15) is 18.9 Å². The molecule has 8 N–H and O–H groups in total. The number of aromatic nitrogens is 1. The van der Waals surface area contributed by atoms with Crippen molar-refractivity contribution >= 4 is 59.0 Å². The number of nitrogens with one attached hydrogen (secondary N) is 4. The fourth-order valence-electron chi connectivity index (χ4n) is 3.49. The maximum absolute atomic E-state index is 13.1. The molecule has 1 aromatic carbocycles. The number of aliphatic hydroxyl groups is 1. The average molecular weight is 540 g/mol. The minimum atomic E-state index is -1.57. The number of aliphatic carboxylic acids is 1. The number of H-pyrrole nitrogens is 1. The summed E-state index contributed by atoms with van der Waals surface area (Å²) in [5, 5.41) is 27.4. The number of carboxylic acids is 1. The van der Waals surface area contributed by atoms with Crippen LogP contribution in [0.2, 0.25) is 0 Å². The van der Waals surface area contributed by atoms with Crippen molar-refractivity contribution in [3.8, 4) is 0 Å². The first-order chi connectivity index (χ1) is 17.1. The molecule has 0 aliphatic carbocycles. The molecule has 1 aromatic heterocycles. The summed E-state index contributed by atoms with van der Waals surface area (Å²) >= 11 is 5.69. The van der Waals surface area contributed by atoms with Gasteiger partial charge in [-0.1, -0.05) is 18.2 Å². The Morgan fingerprint density at radius 2 is 1.72 bits per heavy atom. The number of thiol groups is 1. The smallest absolute Gasteiger partial charge is 0.328 e. The van der Waals surface area contributed by atoms with Crippen LogP contribution in [0.3, 0.4) is 0 Å². The normalized spacial score (nSPS) is 15.4. The van der Waals surface area contributed by atoms with Gasteiger partial charge in [-0.3, -0.25) is 14.4 Å². The van der Waals surface area contributed by atoms with Crippen LogP contribution in [-0.2, 0) is 25.6 Å². The van der Waals surface area contributed by atoms with Crippen molar-refractivity contribution in [1.82, 2.24) is 20.9 Å². The molecule has 11 nitrogen and oxygen atoms in total. The van der Waals surface area contributed by atoms with E-state index in [2.05, 4.69) is 33.6 Å². The van der Waals surface area contributed by atoms with Gasteiger partial charge in [-0.2, -0.15) is 24.4 Å². The number of thioether (sulfide) groups is 1. The predicted octanol–water partition coefficient (Wildman–Crippen LogP) is -0.360. The van der Waals surface area contributed by atoms with Crippen molar-refractivity contribution in [3.63, 3.8) is 0 Å². The maximum Gasteiger partial charge on any atom is 0.328 e. The monoisotopic (exact) mass is 539 g/mol. The number of aliphatic hydroxyl groups excluding tert-OH is 1. The maximum atomic E-state index is 13.1. The first-order valence-corrected chi connectivity index (χ1v) is 13.3. The first-order valence-electron chi connectivity index (χ1n) is 11.3. The van der Waals surface area contributed by atoms with Gasteiger partial charge in [-0.25, -0.2) is 4.79 Å². The number of nitrogens with two attached hydrogens (primary N) is 1. The Hall–Kier alpha value is -2.74. The molecule has 0 aliphatic rings. The molecule has 2 rings (SSSR count). The van der Waals surface area contributed by atoms with Gasteiger partial charge in [0.2, 0.25) is 17.7 Å². The number of rotatable bonds is 14. The van der Waals surface area contributed by atoms with Crippen molar-refractivity contribution in [2.24, 2.45) is 5.73 Å². The van der Waals surface area contributed by atoms with E-state index in [0.717, 1.165) is 10.9 Å². The number of carboxylic acid groups (broad SMARTS) is 1. The van der Waals surface area contributed by atoms with Gasteiger partial charge in [0.05, 0.1) is 12.1 Å². The van der Waals surface area contributed by atoms with Crippen LogP contribution < -0.4 is 21.7 Å². The van der Waals surface area contributed by atoms with E-state index in [-0.39, 0.29) is 12.2 Å². The Morgan fingerprint density at radius 3 is 2.33 bits per heavy atom. The van der Waals surface area contributed by atoms with E-state index in [9.17, 15) is 29.4 Å². The van der Waals surface area contributed by atoms with Gasteiger partial charge in [0.15, 0.2) is 6.04 Å². The quantitative estimate of drug-likeness (QED) is 0.150. The molecule has 1 heterocycles. The molecule has 2 aromatic rings. The van der Waals surface area contributed by atoms with E-state index >= 15 is 0 Å². The van der Waals surface area contributed by atoms with Crippen LogP contribution in [0.25, 0.3) is 10.9 Å². The van der Waals surface area contributed by atoms with Crippen molar-refractivity contribution in [3.05, 3.63) is 36.0 Å². The number of hydrogen-bond donors (Lipinski definition) is 8. The molecule has 0 bridgehead atoms. The summed E-state index contributed by atoms with van der Waals surface area (Å²) in [7, 11) is 0. The zero-order chi connectivity index (χ0) is 26.8. The van der Waals surface area contributed by atoms with Crippen LogP contribution in [0.5, 0.6) is 0 Å². The lowest BCUT2D eigenvalue weighted by atomic mass is 10.0. The number of fused-ring (bicyclic) bond motifs is 1. The first kappa shape index (κ1) is 29.5. The average Bonchev–Trinajstić information content (AvgIpc) is 3.25. The Labute approximate surface area is 218 Å². The molecule has 0 aliphatic heterocycles. The third kappa shape index (κ3) is 8.15. The topological polar surface area (TPSA) is 187 Å². The van der Waals surface area contributed by atoms with E-state index in [1.54, 1.807) is 6.20 Å². The Morgan fingerprint density at radius 1 is 1.08 bits per heavy atom. The number of hydrogen-bond acceptors (Lipinski definition) is 8. The molecule has 0 saturated carbocycles. The van der Waals surface area contributed by atoms with Gasteiger partial charge in [-0.05, 0) is 37.0 Å². The molecule has 13 heteroatoms. The SMILES string of the molecule is CSCCC(N)C(=O)NC(CS)C(=O)NC(Cc1c[nH]c2ccccc12)C(=O)NC(C(=O)O)C(C)O. The summed E-state index contributed by atoms with van der Waals surface area (Å²) in [5.74, 6) is -2.80. The molecule has 36 heavy (non-hydrogen) atoms. The van der Waals surface area contributed by atoms with Gasteiger partial charge in [-0.15, -0.1) is 0 Å². The Kier molecular flexibility index (Phi) is 11.6. The standard InChI is InChI=1S/C23H33N5O6S2/c1-12(29)19(23(33)34)28-21(31)17(9-13-10-25-16-6-4-3-5-14(13)16)26-22(32)18(11-35)27-20(30)15(24)7-8-36-2/h3-6,10,12,15,17-19,25,29,35H,7-9,11,24H2,1-2H3,(H,26,32)(H,27,30)(H,28,31)(H,33,34). The summed E-state index contributed by atoms with van der Waals surface area (Å²) in [6, 6.07) is 2.71. The van der Waals surface area contributed by atoms with Crippen molar-refractivity contribution in [2.75, 3.05) is 17.8 Å². The molecule has 0 spiro atoms. The predicted molar refractivity (Wildman–Crippen MR) is 142 cm³/mol. The van der Waals surface area contributed by atoms with Gasteiger partial charge in [0, 0.05) is 29.3 Å². The number of aromatic amines is 1. The minimum absolute atomic E-state index is 0.0220. The van der Waals surface area contributed by atoms with Crippen LogP contribution in [0.15, 0.2) is 30.5 Å². The molecule has 5 unspecified atom stereocenters. The summed E-state index contributed by atoms with van der Waals surface area (Å²) in [6.07, 6.45) is 2.66. The summed E-state index contributed by atoms with van der Waals surface area (Å²) in [5.41, 5.74) is 7.41. The Balaban J connectivity index is 2.24. The number of carbonyl (C=O) groups is 4. The second-order valence-corrected chi connectivity index (χ2v) is 9.67. The lowest BCUT2D eigenvalue weighted by molar-refractivity contribution is -0.145. The van der Waals surface area contributed by atoms with Crippen LogP contribution >= 0.6 is 24.4 Å². The highest BCUT2D eigenvalue weighted by atomic mass is 32.2. The number of benzene rings is 1. The molecule has 5 atom stereocenters. The lowest BCUT2D eigenvalue weighted by Gasteiger charge is -2.25. The number of carbonyl (C=O) groups excluding carboxylic acids is 3. The molecular weight excluding hydrogens is 506 g/mol. The summed E-state index contributed by atoms with van der Waals surface area (Å²) < 4.78 is 0. The second-order valence-electron chi connectivity index (χ2n) is 8.32. The number of para-hydroxylation sites is 1. The van der Waals surface area contributed by atoms with Gasteiger partial charge in [0.25, 0.3) is 0 Å². The third-order valence-electron chi connectivity index (χ3n) is 5.56. The fraction of sp³-hybridized carbons (Fsp3) is 0.478. The summed E-state index contributed by atoms with van der Waals surface area (Å²) in [6.45, 7) is 1.24. The van der Waals surface area contributed by atoms with Crippen molar-refractivity contribution in [2.45, 2.75) is 50.0 Å².